The standard InChI is InChI=1S/C11H14NO.C2H6.W.Y/c1-3-12-8-9-13-11-7-5-4-6-10(11)2;1-2;;/h4-7H,8-9H2,1-2H3;1-2H3;;/q-1;;;. The van der Waals surface area contributed by atoms with Crippen LogP contribution in [0.25, 0.3) is 5.32 Å². The Kier molecular flexibility index (Phi) is 15.4. The summed E-state index contributed by atoms with van der Waals surface area (Å²) < 4.78 is 6.77. The molecule has 0 saturated carbocycles. The van der Waals surface area contributed by atoms with E-state index in [1.54, 1.807) is 0 Å². The van der Waals surface area contributed by atoms with E-state index in [9.17, 15) is 0 Å². The van der Waals surface area contributed by atoms with E-state index < -0.39 is 0 Å². The SMILES string of the molecule is CC.C[C](=[W])[N-]CCOc1ccccc1C.[Y]. The van der Waals surface area contributed by atoms with Crippen LogP contribution in [0.2, 0.25) is 0 Å². The van der Waals surface area contributed by atoms with E-state index in [-0.39, 0.29) is 32.7 Å². The Hall–Kier alpha value is 0.642. The predicted octanol–water partition coefficient (Wildman–Crippen LogP) is 3.47. The van der Waals surface area contributed by atoms with Crippen molar-refractivity contribution in [2.45, 2.75) is 27.7 Å². The van der Waals surface area contributed by atoms with Crippen molar-refractivity contribution < 1.29 is 56.8 Å². The summed E-state index contributed by atoms with van der Waals surface area (Å²) in [4.78, 5) is 0. The molecule has 1 aromatic rings. The number of para-hydroxylation sites is 1. The Morgan fingerprint density at radius 2 is 1.88 bits per heavy atom. The maximum absolute atomic E-state index is 5.59. The van der Waals surface area contributed by atoms with E-state index in [0.29, 0.717) is 6.61 Å². The van der Waals surface area contributed by atoms with Gasteiger partial charge in [0.05, 0.1) is 0 Å². The first-order chi connectivity index (χ1) is 7.70. The molecule has 0 fully saturated rings. The van der Waals surface area contributed by atoms with Gasteiger partial charge in [-0.15, -0.1) is 0 Å². The van der Waals surface area contributed by atoms with Gasteiger partial charge in [0, 0.05) is 32.7 Å². The minimum absolute atomic E-state index is 0. The number of ether oxygens (including phenoxy) is 1. The van der Waals surface area contributed by atoms with Crippen LogP contribution in [0.3, 0.4) is 0 Å². The van der Waals surface area contributed by atoms with Crippen molar-refractivity contribution in [3.8, 4) is 5.75 Å². The Labute approximate surface area is 141 Å². The first kappa shape index (κ1) is 20.0. The molecular weight excluding hydrogens is 459 g/mol. The van der Waals surface area contributed by atoms with Crippen LogP contribution >= 0.6 is 0 Å². The molecule has 0 saturated heterocycles. The average Bonchev–Trinajstić information content (AvgIpc) is 2.29. The molecule has 0 amide bonds. The third-order valence-electron chi connectivity index (χ3n) is 1.78. The van der Waals surface area contributed by atoms with Crippen molar-refractivity contribution in [2.24, 2.45) is 0 Å². The summed E-state index contributed by atoms with van der Waals surface area (Å²) in [5.74, 6) is 0.962. The molecule has 93 valence electrons. The number of hydrogen-bond donors (Lipinski definition) is 0. The molecule has 0 spiro atoms. The fourth-order valence-corrected chi connectivity index (χ4v) is 1.41. The van der Waals surface area contributed by atoms with Crippen LogP contribution < -0.4 is 4.74 Å². The second-order valence-corrected chi connectivity index (χ2v) is 5.14. The van der Waals surface area contributed by atoms with E-state index >= 15 is 0 Å². The summed E-state index contributed by atoms with van der Waals surface area (Å²) in [6.45, 7) is 9.50. The Bertz CT molecular complexity index is 318. The molecule has 0 aliphatic rings. The quantitative estimate of drug-likeness (QED) is 0.594. The molecule has 1 radical (unpaired) electrons. The van der Waals surface area contributed by atoms with Gasteiger partial charge in [0.15, 0.2) is 0 Å². The van der Waals surface area contributed by atoms with Gasteiger partial charge in [-0.2, -0.15) is 0 Å². The number of aryl methyl sites for hydroxylation is 1. The fourth-order valence-electron chi connectivity index (χ4n) is 1.08. The molecule has 0 unspecified atom stereocenters. The first-order valence-electron chi connectivity index (χ1n) is 5.56. The van der Waals surface area contributed by atoms with Gasteiger partial charge >= 0.3 is 96.0 Å². The predicted molar refractivity (Wildman–Crippen MR) is 66.9 cm³/mol. The minimum atomic E-state index is 0. The summed E-state index contributed by atoms with van der Waals surface area (Å²) in [7, 11) is 0. The van der Waals surface area contributed by atoms with E-state index in [1.807, 2.05) is 52.0 Å². The van der Waals surface area contributed by atoms with Crippen LogP contribution in [0.4, 0.5) is 0 Å². The first-order valence-corrected chi connectivity index (χ1v) is 7.03. The molecule has 0 aliphatic carbocycles. The smallest absolute Gasteiger partial charge is 0 e. The van der Waals surface area contributed by atoms with Crippen molar-refractivity contribution in [3.05, 3.63) is 35.1 Å². The van der Waals surface area contributed by atoms with Gasteiger partial charge < -0.3 is 0 Å². The number of nitrogens with zero attached hydrogens (tertiary/aromatic N) is 1. The van der Waals surface area contributed by atoms with E-state index in [0.717, 1.165) is 12.3 Å². The number of rotatable bonds is 5. The van der Waals surface area contributed by atoms with Gasteiger partial charge in [0.1, 0.15) is 0 Å². The normalized spacial score (nSPS) is 8.47. The van der Waals surface area contributed by atoms with Crippen LogP contribution in [0.1, 0.15) is 26.3 Å². The van der Waals surface area contributed by atoms with Crippen molar-refractivity contribution >= 4 is 4.02 Å². The largest absolute Gasteiger partial charge is 0 e. The molecule has 4 heteroatoms. The van der Waals surface area contributed by atoms with E-state index in [4.69, 9.17) is 4.74 Å². The van der Waals surface area contributed by atoms with Crippen molar-refractivity contribution in [3.63, 3.8) is 0 Å². The molecule has 17 heavy (non-hydrogen) atoms. The zero-order valence-corrected chi connectivity index (χ0v) is 16.8. The zero-order valence-electron chi connectivity index (χ0n) is 11.1. The molecule has 0 N–H and O–H groups in total. The molecular formula is C13H20NOWY-. The van der Waals surface area contributed by atoms with Gasteiger partial charge in [0.2, 0.25) is 0 Å². The molecule has 1 rings (SSSR count). The maximum atomic E-state index is 5.59. The molecule has 0 bridgehead atoms. The maximum Gasteiger partial charge on any atom is 0 e. The molecule has 0 aromatic heterocycles. The molecule has 2 nitrogen and oxygen atoms in total. The van der Waals surface area contributed by atoms with Crippen LogP contribution in [-0.2, 0) is 52.1 Å². The Morgan fingerprint density at radius 3 is 2.41 bits per heavy atom. The van der Waals surface area contributed by atoms with E-state index in [2.05, 4.69) is 5.32 Å². The summed E-state index contributed by atoms with van der Waals surface area (Å²) in [5, 5.41) is 4.30. The van der Waals surface area contributed by atoms with Crippen molar-refractivity contribution in [2.75, 3.05) is 13.2 Å². The fraction of sp³-hybridized carbons (Fsp3) is 0.462. The van der Waals surface area contributed by atoms with Gasteiger partial charge in [-0.3, -0.25) is 0 Å². The third-order valence-corrected chi connectivity index (χ3v) is 2.24. The summed E-state index contributed by atoms with van der Waals surface area (Å²) in [5.41, 5.74) is 1.18. The Balaban J connectivity index is 0. The van der Waals surface area contributed by atoms with Gasteiger partial charge in [-0.1, -0.05) is 13.8 Å². The third kappa shape index (κ3) is 10.3. The van der Waals surface area contributed by atoms with Gasteiger partial charge in [0.25, 0.3) is 0 Å². The topological polar surface area (TPSA) is 23.3 Å². The monoisotopic (exact) mass is 479 g/mol. The molecule has 1 aromatic carbocycles. The second-order valence-electron chi connectivity index (χ2n) is 3.01. The van der Waals surface area contributed by atoms with Crippen LogP contribution in [0.5, 0.6) is 5.75 Å². The minimum Gasteiger partial charge on any atom is 0 e. The Morgan fingerprint density at radius 1 is 1.29 bits per heavy atom. The molecule has 0 aliphatic heterocycles. The summed E-state index contributed by atoms with van der Waals surface area (Å²) >= 11 is 1.43. The van der Waals surface area contributed by atoms with Crippen molar-refractivity contribution in [1.29, 1.82) is 0 Å². The summed E-state index contributed by atoms with van der Waals surface area (Å²) in [6.07, 6.45) is 0. The van der Waals surface area contributed by atoms with Crippen molar-refractivity contribution in [1.82, 2.24) is 0 Å². The number of benzene rings is 1. The average molecular weight is 479 g/mol. The second kappa shape index (κ2) is 13.1. The van der Waals surface area contributed by atoms with Crippen LogP contribution in [0.15, 0.2) is 24.3 Å². The van der Waals surface area contributed by atoms with E-state index in [1.165, 1.54) is 28.9 Å². The number of hydrogen-bond acceptors (Lipinski definition) is 1. The van der Waals surface area contributed by atoms with Gasteiger partial charge in [-0.05, 0) is 0 Å². The summed E-state index contributed by atoms with van der Waals surface area (Å²) in [6, 6.07) is 8.04. The zero-order chi connectivity index (χ0) is 12.4. The van der Waals surface area contributed by atoms with Crippen LogP contribution in [0, 0.1) is 6.92 Å². The van der Waals surface area contributed by atoms with Crippen LogP contribution in [-0.4, -0.2) is 17.2 Å². The van der Waals surface area contributed by atoms with Gasteiger partial charge in [-0.25, -0.2) is 0 Å². The molecule has 0 heterocycles. The molecule has 0 atom stereocenters.